The third-order valence-electron chi connectivity index (χ3n) is 5.33. The van der Waals surface area contributed by atoms with Gasteiger partial charge in [-0.2, -0.15) is 0 Å². The Morgan fingerprint density at radius 1 is 0.938 bits per heavy atom. The fourth-order valence-electron chi connectivity index (χ4n) is 3.49. The van der Waals surface area contributed by atoms with Crippen LogP contribution in [0.3, 0.4) is 0 Å². The van der Waals surface area contributed by atoms with Crippen LogP contribution < -0.4 is 10.6 Å². The zero-order valence-electron chi connectivity index (χ0n) is 18.6. The summed E-state index contributed by atoms with van der Waals surface area (Å²) in [5, 5.41) is 5.86. The molecule has 3 amide bonds. The molecular weight excluding hydrogens is 408 g/mol. The predicted octanol–water partition coefficient (Wildman–Crippen LogP) is 2.69. The SMILES string of the molecule is CCN(CC)C(=O)c1ccc(NC(=O)CNc2cccc(C(=O)N3CCOCC3)c2)cc1. The van der Waals surface area contributed by atoms with E-state index in [-0.39, 0.29) is 24.3 Å². The molecule has 0 spiro atoms. The summed E-state index contributed by atoms with van der Waals surface area (Å²) in [7, 11) is 0. The van der Waals surface area contributed by atoms with Gasteiger partial charge in [-0.1, -0.05) is 6.07 Å². The number of morpholine rings is 1. The van der Waals surface area contributed by atoms with Gasteiger partial charge in [-0.3, -0.25) is 14.4 Å². The minimum absolute atomic E-state index is 0.0268. The summed E-state index contributed by atoms with van der Waals surface area (Å²) in [4.78, 5) is 40.8. The molecule has 1 fully saturated rings. The minimum Gasteiger partial charge on any atom is -0.378 e. The van der Waals surface area contributed by atoms with Crippen molar-refractivity contribution in [1.29, 1.82) is 0 Å². The molecule has 170 valence electrons. The van der Waals surface area contributed by atoms with Crippen LogP contribution in [0.4, 0.5) is 11.4 Å². The lowest BCUT2D eigenvalue weighted by molar-refractivity contribution is -0.114. The lowest BCUT2D eigenvalue weighted by atomic mass is 10.1. The third-order valence-corrected chi connectivity index (χ3v) is 5.33. The molecule has 1 heterocycles. The Bertz CT molecular complexity index is 935. The first-order chi connectivity index (χ1) is 15.5. The van der Waals surface area contributed by atoms with E-state index in [9.17, 15) is 14.4 Å². The molecule has 0 atom stereocenters. The summed E-state index contributed by atoms with van der Waals surface area (Å²) in [6.07, 6.45) is 0. The Kier molecular flexibility index (Phi) is 8.21. The largest absolute Gasteiger partial charge is 0.378 e. The van der Waals surface area contributed by atoms with Crippen molar-refractivity contribution in [1.82, 2.24) is 9.80 Å². The fourth-order valence-corrected chi connectivity index (χ4v) is 3.49. The van der Waals surface area contributed by atoms with Gasteiger partial charge in [0.1, 0.15) is 0 Å². The van der Waals surface area contributed by atoms with Crippen LogP contribution in [0, 0.1) is 0 Å². The van der Waals surface area contributed by atoms with Gasteiger partial charge in [0.15, 0.2) is 0 Å². The van der Waals surface area contributed by atoms with Crippen LogP contribution in [-0.4, -0.2) is 73.5 Å². The van der Waals surface area contributed by atoms with Crippen molar-refractivity contribution in [3.63, 3.8) is 0 Å². The van der Waals surface area contributed by atoms with Crippen LogP contribution in [0.1, 0.15) is 34.6 Å². The maximum absolute atomic E-state index is 12.6. The summed E-state index contributed by atoms with van der Waals surface area (Å²) in [6, 6.07) is 14.0. The molecule has 2 aromatic carbocycles. The molecule has 1 aliphatic heterocycles. The van der Waals surface area contributed by atoms with E-state index in [4.69, 9.17) is 4.74 Å². The second-order valence-electron chi connectivity index (χ2n) is 7.44. The average molecular weight is 439 g/mol. The van der Waals surface area contributed by atoms with E-state index in [1.54, 1.807) is 52.3 Å². The first-order valence-corrected chi connectivity index (χ1v) is 10.9. The molecule has 3 rings (SSSR count). The van der Waals surface area contributed by atoms with Crippen LogP contribution in [0.25, 0.3) is 0 Å². The van der Waals surface area contributed by atoms with E-state index < -0.39 is 0 Å². The van der Waals surface area contributed by atoms with E-state index in [1.807, 2.05) is 19.9 Å². The summed E-state index contributed by atoms with van der Waals surface area (Å²) < 4.78 is 5.29. The van der Waals surface area contributed by atoms with E-state index in [0.717, 1.165) is 0 Å². The summed E-state index contributed by atoms with van der Waals surface area (Å²) in [5.74, 6) is -0.292. The Labute approximate surface area is 188 Å². The molecule has 0 unspecified atom stereocenters. The molecule has 0 aromatic heterocycles. The second-order valence-corrected chi connectivity index (χ2v) is 7.44. The van der Waals surface area contributed by atoms with Crippen molar-refractivity contribution < 1.29 is 19.1 Å². The van der Waals surface area contributed by atoms with Gasteiger partial charge in [-0.15, -0.1) is 0 Å². The van der Waals surface area contributed by atoms with Gasteiger partial charge in [0.2, 0.25) is 5.91 Å². The maximum atomic E-state index is 12.6. The number of rotatable bonds is 8. The molecule has 2 aromatic rings. The number of nitrogens with zero attached hydrogens (tertiary/aromatic N) is 2. The topological polar surface area (TPSA) is 91.0 Å². The highest BCUT2D eigenvalue weighted by Gasteiger charge is 2.18. The van der Waals surface area contributed by atoms with Crippen molar-refractivity contribution >= 4 is 29.1 Å². The lowest BCUT2D eigenvalue weighted by Crippen LogP contribution is -2.40. The first kappa shape index (κ1) is 23.3. The van der Waals surface area contributed by atoms with Crippen molar-refractivity contribution in [3.05, 3.63) is 59.7 Å². The summed E-state index contributed by atoms with van der Waals surface area (Å²) in [5.41, 5.74) is 2.47. The number of nitrogens with one attached hydrogen (secondary N) is 2. The second kappa shape index (κ2) is 11.3. The first-order valence-electron chi connectivity index (χ1n) is 10.9. The van der Waals surface area contributed by atoms with E-state index in [2.05, 4.69) is 10.6 Å². The molecular formula is C24H30N4O4. The normalized spacial score (nSPS) is 13.4. The van der Waals surface area contributed by atoms with Crippen LogP contribution in [0.15, 0.2) is 48.5 Å². The minimum atomic E-state index is -0.224. The number of anilines is 2. The smallest absolute Gasteiger partial charge is 0.254 e. The zero-order valence-corrected chi connectivity index (χ0v) is 18.6. The van der Waals surface area contributed by atoms with Crippen LogP contribution >= 0.6 is 0 Å². The molecule has 8 nitrogen and oxygen atoms in total. The van der Waals surface area contributed by atoms with Crippen molar-refractivity contribution in [2.45, 2.75) is 13.8 Å². The number of carbonyl (C=O) groups is 3. The van der Waals surface area contributed by atoms with Gasteiger partial charge in [-0.05, 0) is 56.3 Å². The van der Waals surface area contributed by atoms with Crippen LogP contribution in [-0.2, 0) is 9.53 Å². The van der Waals surface area contributed by atoms with E-state index in [1.165, 1.54) is 0 Å². The van der Waals surface area contributed by atoms with Gasteiger partial charge in [0.25, 0.3) is 11.8 Å². The van der Waals surface area contributed by atoms with Gasteiger partial charge in [0, 0.05) is 48.7 Å². The summed E-state index contributed by atoms with van der Waals surface area (Å²) >= 11 is 0. The van der Waals surface area contributed by atoms with Crippen LogP contribution in [0.2, 0.25) is 0 Å². The van der Waals surface area contributed by atoms with Gasteiger partial charge in [0.05, 0.1) is 19.8 Å². The molecule has 32 heavy (non-hydrogen) atoms. The highest BCUT2D eigenvalue weighted by Crippen LogP contribution is 2.15. The molecule has 2 N–H and O–H groups in total. The number of hydrogen-bond acceptors (Lipinski definition) is 5. The van der Waals surface area contributed by atoms with Crippen LogP contribution in [0.5, 0.6) is 0 Å². The maximum Gasteiger partial charge on any atom is 0.254 e. The standard InChI is InChI=1S/C24H30N4O4/c1-3-27(4-2)23(30)18-8-10-20(11-9-18)26-22(29)17-25-21-7-5-6-19(16-21)24(31)28-12-14-32-15-13-28/h5-11,16,25H,3-4,12-15,17H2,1-2H3,(H,26,29). The molecule has 0 saturated carbocycles. The average Bonchev–Trinajstić information content (AvgIpc) is 2.84. The quantitative estimate of drug-likeness (QED) is 0.661. The number of ether oxygens (including phenoxy) is 1. The highest BCUT2D eigenvalue weighted by atomic mass is 16.5. The number of hydrogen-bond donors (Lipinski definition) is 2. The Hall–Kier alpha value is -3.39. The third kappa shape index (κ3) is 6.07. The number of benzene rings is 2. The predicted molar refractivity (Wildman–Crippen MR) is 124 cm³/mol. The molecule has 0 aliphatic carbocycles. The van der Waals surface area contributed by atoms with Gasteiger partial charge < -0.3 is 25.2 Å². The number of amides is 3. The van der Waals surface area contributed by atoms with E-state index in [0.29, 0.717) is 61.9 Å². The molecule has 8 heteroatoms. The molecule has 0 radical (unpaired) electrons. The number of carbonyl (C=O) groups excluding carboxylic acids is 3. The lowest BCUT2D eigenvalue weighted by Gasteiger charge is -2.27. The Morgan fingerprint density at radius 3 is 2.28 bits per heavy atom. The monoisotopic (exact) mass is 438 g/mol. The van der Waals surface area contributed by atoms with Crippen molar-refractivity contribution in [2.24, 2.45) is 0 Å². The summed E-state index contributed by atoms with van der Waals surface area (Å²) in [6.45, 7) is 7.50. The fraction of sp³-hybridized carbons (Fsp3) is 0.375. The zero-order chi connectivity index (χ0) is 22.9. The molecule has 1 saturated heterocycles. The highest BCUT2D eigenvalue weighted by molar-refractivity contribution is 5.97. The molecule has 1 aliphatic rings. The van der Waals surface area contributed by atoms with Crippen molar-refractivity contribution in [3.8, 4) is 0 Å². The van der Waals surface area contributed by atoms with Gasteiger partial charge in [-0.25, -0.2) is 0 Å². The van der Waals surface area contributed by atoms with Gasteiger partial charge >= 0.3 is 0 Å². The Balaban J connectivity index is 1.52. The Morgan fingerprint density at radius 2 is 1.62 bits per heavy atom. The van der Waals surface area contributed by atoms with E-state index >= 15 is 0 Å². The molecule has 0 bridgehead atoms. The van der Waals surface area contributed by atoms with Crippen molar-refractivity contribution in [2.75, 3.05) is 56.6 Å².